The number of anilines is 1. The van der Waals surface area contributed by atoms with Crippen molar-refractivity contribution in [1.29, 1.82) is 0 Å². The molecule has 0 radical (unpaired) electrons. The number of hydrogen-bond donors (Lipinski definition) is 3. The smallest absolute Gasteiger partial charge is 0.371 e. The number of carbonyl (C=O) groups is 2. The molecule has 1 heterocycles. The first-order valence-electron chi connectivity index (χ1n) is 4.96. The minimum absolute atomic E-state index is 0.0102. The van der Waals surface area contributed by atoms with Crippen LogP contribution in [0.1, 0.15) is 10.6 Å². The summed E-state index contributed by atoms with van der Waals surface area (Å²) < 4.78 is 9.67. The van der Waals surface area contributed by atoms with Crippen LogP contribution < -0.4 is 10.6 Å². The van der Waals surface area contributed by atoms with E-state index in [1.165, 1.54) is 12.1 Å². The van der Waals surface area contributed by atoms with Crippen molar-refractivity contribution in [3.8, 4) is 0 Å². The molecule has 1 aromatic heterocycles. The third kappa shape index (κ3) is 4.56. The van der Waals surface area contributed by atoms with Gasteiger partial charge in [-0.1, -0.05) is 0 Å². The van der Waals surface area contributed by atoms with E-state index in [-0.39, 0.29) is 24.1 Å². The lowest BCUT2D eigenvalue weighted by atomic mass is 10.4. The van der Waals surface area contributed by atoms with Crippen LogP contribution in [0.5, 0.6) is 0 Å². The summed E-state index contributed by atoms with van der Waals surface area (Å²) in [5.41, 5.74) is 0. The summed E-state index contributed by atoms with van der Waals surface area (Å²) in [5.74, 6) is -1.31. The number of carbonyl (C=O) groups excluding carboxylic acids is 1. The molecule has 1 rings (SSSR count). The Morgan fingerprint density at radius 2 is 2.24 bits per heavy atom. The van der Waals surface area contributed by atoms with Gasteiger partial charge in [-0.15, -0.1) is 0 Å². The van der Waals surface area contributed by atoms with Gasteiger partial charge in [0.05, 0.1) is 13.2 Å². The van der Waals surface area contributed by atoms with Crippen LogP contribution in [0.15, 0.2) is 16.5 Å². The SMILES string of the molecule is COCCNC(=O)CNc1ccc(C(=O)O)o1. The normalized spacial score (nSPS) is 9.94. The van der Waals surface area contributed by atoms with Gasteiger partial charge in [0.25, 0.3) is 0 Å². The zero-order valence-corrected chi connectivity index (χ0v) is 9.36. The van der Waals surface area contributed by atoms with Gasteiger partial charge in [0, 0.05) is 19.7 Å². The molecule has 1 amide bonds. The Labute approximate surface area is 97.7 Å². The molecule has 7 nitrogen and oxygen atoms in total. The number of aromatic carboxylic acids is 1. The molecule has 0 fully saturated rings. The minimum atomic E-state index is -1.15. The lowest BCUT2D eigenvalue weighted by Gasteiger charge is -2.04. The third-order valence-corrected chi connectivity index (χ3v) is 1.87. The molecule has 0 bridgehead atoms. The van der Waals surface area contributed by atoms with E-state index in [1.807, 2.05) is 0 Å². The number of nitrogens with one attached hydrogen (secondary N) is 2. The highest BCUT2D eigenvalue weighted by Crippen LogP contribution is 2.12. The number of rotatable bonds is 7. The largest absolute Gasteiger partial charge is 0.475 e. The van der Waals surface area contributed by atoms with Crippen LogP contribution in [0.25, 0.3) is 0 Å². The summed E-state index contributed by atoms with van der Waals surface area (Å²) in [7, 11) is 1.54. The van der Waals surface area contributed by atoms with E-state index in [1.54, 1.807) is 7.11 Å². The van der Waals surface area contributed by atoms with E-state index >= 15 is 0 Å². The fourth-order valence-electron chi connectivity index (χ4n) is 1.07. The van der Waals surface area contributed by atoms with Crippen molar-refractivity contribution in [2.75, 3.05) is 32.1 Å². The van der Waals surface area contributed by atoms with Crippen LogP contribution in [0, 0.1) is 0 Å². The summed E-state index contributed by atoms with van der Waals surface area (Å²) in [6, 6.07) is 2.76. The van der Waals surface area contributed by atoms with Crippen LogP contribution in [-0.2, 0) is 9.53 Å². The highest BCUT2D eigenvalue weighted by molar-refractivity contribution is 5.85. The van der Waals surface area contributed by atoms with Crippen LogP contribution in [-0.4, -0.2) is 43.8 Å². The van der Waals surface area contributed by atoms with Crippen molar-refractivity contribution < 1.29 is 23.8 Å². The Kier molecular flexibility index (Phi) is 5.02. The van der Waals surface area contributed by atoms with Crippen molar-refractivity contribution in [3.63, 3.8) is 0 Å². The first-order chi connectivity index (χ1) is 8.13. The summed E-state index contributed by atoms with van der Waals surface area (Å²) in [5, 5.41) is 13.9. The van der Waals surface area contributed by atoms with Gasteiger partial charge in [-0.3, -0.25) is 4.79 Å². The van der Waals surface area contributed by atoms with Crippen molar-refractivity contribution in [3.05, 3.63) is 17.9 Å². The molecule has 17 heavy (non-hydrogen) atoms. The molecule has 0 atom stereocenters. The zero-order valence-electron chi connectivity index (χ0n) is 9.36. The Morgan fingerprint density at radius 3 is 2.82 bits per heavy atom. The minimum Gasteiger partial charge on any atom is -0.475 e. The molecule has 0 unspecified atom stereocenters. The average Bonchev–Trinajstić information content (AvgIpc) is 2.75. The van der Waals surface area contributed by atoms with E-state index in [0.29, 0.717) is 13.2 Å². The topological polar surface area (TPSA) is 101 Å². The highest BCUT2D eigenvalue weighted by atomic mass is 16.5. The van der Waals surface area contributed by atoms with Gasteiger partial charge in [0.15, 0.2) is 5.88 Å². The second-order valence-electron chi connectivity index (χ2n) is 3.17. The van der Waals surface area contributed by atoms with Gasteiger partial charge < -0.3 is 24.9 Å². The van der Waals surface area contributed by atoms with Gasteiger partial charge in [-0.25, -0.2) is 4.79 Å². The zero-order chi connectivity index (χ0) is 12.7. The number of furan rings is 1. The Balaban J connectivity index is 2.29. The summed E-state index contributed by atoms with van der Waals surface area (Å²) in [4.78, 5) is 21.8. The van der Waals surface area contributed by atoms with Crippen molar-refractivity contribution in [2.45, 2.75) is 0 Å². The molecule has 0 saturated carbocycles. The Bertz CT molecular complexity index is 388. The highest BCUT2D eigenvalue weighted by Gasteiger charge is 2.09. The first kappa shape index (κ1) is 13.0. The number of carboxylic acid groups (broad SMARTS) is 1. The Morgan fingerprint density at radius 1 is 1.47 bits per heavy atom. The van der Waals surface area contributed by atoms with E-state index in [2.05, 4.69) is 10.6 Å². The van der Waals surface area contributed by atoms with E-state index in [4.69, 9.17) is 14.3 Å². The number of hydrogen-bond acceptors (Lipinski definition) is 5. The van der Waals surface area contributed by atoms with Crippen molar-refractivity contribution >= 4 is 17.8 Å². The lowest BCUT2D eigenvalue weighted by molar-refractivity contribution is -0.119. The van der Waals surface area contributed by atoms with Crippen LogP contribution in [0.3, 0.4) is 0 Å². The Hall–Kier alpha value is -2.02. The molecule has 1 aromatic rings. The summed E-state index contributed by atoms with van der Waals surface area (Å²) in [6.45, 7) is 0.876. The van der Waals surface area contributed by atoms with E-state index < -0.39 is 5.97 Å². The van der Waals surface area contributed by atoms with Crippen LogP contribution >= 0.6 is 0 Å². The molecule has 0 aliphatic heterocycles. The second kappa shape index (κ2) is 6.54. The average molecular weight is 242 g/mol. The fourth-order valence-corrected chi connectivity index (χ4v) is 1.07. The maximum absolute atomic E-state index is 11.2. The standard InChI is InChI=1S/C10H14N2O5/c1-16-5-4-11-8(13)6-12-9-3-2-7(17-9)10(14)15/h2-3,12H,4-6H2,1H3,(H,11,13)(H,14,15). The third-order valence-electron chi connectivity index (χ3n) is 1.87. The van der Waals surface area contributed by atoms with E-state index in [9.17, 15) is 9.59 Å². The number of methoxy groups -OCH3 is 1. The maximum atomic E-state index is 11.2. The fraction of sp³-hybridized carbons (Fsp3) is 0.400. The van der Waals surface area contributed by atoms with Crippen molar-refractivity contribution in [1.82, 2.24) is 5.32 Å². The second-order valence-corrected chi connectivity index (χ2v) is 3.17. The lowest BCUT2D eigenvalue weighted by Crippen LogP contribution is -2.32. The summed E-state index contributed by atoms with van der Waals surface area (Å²) in [6.07, 6.45) is 0. The van der Waals surface area contributed by atoms with E-state index in [0.717, 1.165) is 0 Å². The molecule has 94 valence electrons. The quantitative estimate of drug-likeness (QED) is 0.588. The summed E-state index contributed by atoms with van der Waals surface area (Å²) >= 11 is 0. The monoisotopic (exact) mass is 242 g/mol. The van der Waals surface area contributed by atoms with Crippen molar-refractivity contribution in [2.24, 2.45) is 0 Å². The van der Waals surface area contributed by atoms with Gasteiger partial charge in [-0.2, -0.15) is 0 Å². The molecule has 3 N–H and O–H groups in total. The molecular formula is C10H14N2O5. The number of carboxylic acids is 1. The maximum Gasteiger partial charge on any atom is 0.371 e. The first-order valence-corrected chi connectivity index (χ1v) is 4.96. The van der Waals surface area contributed by atoms with Gasteiger partial charge in [0.1, 0.15) is 0 Å². The predicted molar refractivity (Wildman–Crippen MR) is 59.0 cm³/mol. The molecule has 7 heteroatoms. The molecule has 0 aliphatic carbocycles. The molecule has 0 spiro atoms. The number of amides is 1. The van der Waals surface area contributed by atoms with Gasteiger partial charge in [-0.05, 0) is 6.07 Å². The van der Waals surface area contributed by atoms with Gasteiger partial charge >= 0.3 is 5.97 Å². The van der Waals surface area contributed by atoms with Crippen LogP contribution in [0.2, 0.25) is 0 Å². The number of ether oxygens (including phenoxy) is 1. The molecule has 0 aromatic carbocycles. The molecular weight excluding hydrogens is 228 g/mol. The van der Waals surface area contributed by atoms with Gasteiger partial charge in [0.2, 0.25) is 11.7 Å². The van der Waals surface area contributed by atoms with Crippen LogP contribution in [0.4, 0.5) is 5.88 Å². The predicted octanol–water partition coefficient (Wildman–Crippen LogP) is 0.152. The molecule has 0 saturated heterocycles. The molecule has 0 aliphatic rings.